The number of nitrogens with zero attached hydrogens (tertiary/aromatic N) is 2. The SMILES string of the molecule is CCNC(=NCc1cccc(COC)c1)NC1CCN(c2c(F)cccc2F)C1.I. The third kappa shape index (κ3) is 6.53. The van der Waals surface area contributed by atoms with Gasteiger partial charge in [0.25, 0.3) is 0 Å². The maximum Gasteiger partial charge on any atom is 0.191 e. The number of rotatable bonds is 7. The maximum absolute atomic E-state index is 14.1. The van der Waals surface area contributed by atoms with E-state index in [1.54, 1.807) is 12.0 Å². The summed E-state index contributed by atoms with van der Waals surface area (Å²) in [5, 5.41) is 6.64. The minimum atomic E-state index is -0.526. The van der Waals surface area contributed by atoms with Crippen molar-refractivity contribution in [1.82, 2.24) is 10.6 Å². The van der Waals surface area contributed by atoms with Crippen LogP contribution in [0, 0.1) is 11.6 Å². The molecule has 1 atom stereocenters. The molecule has 1 fully saturated rings. The smallest absolute Gasteiger partial charge is 0.191 e. The zero-order valence-electron chi connectivity index (χ0n) is 17.3. The fourth-order valence-electron chi connectivity index (χ4n) is 3.54. The number of benzene rings is 2. The molecule has 2 aromatic carbocycles. The molecule has 0 aromatic heterocycles. The lowest BCUT2D eigenvalue weighted by atomic mass is 10.1. The highest BCUT2D eigenvalue weighted by Gasteiger charge is 2.27. The summed E-state index contributed by atoms with van der Waals surface area (Å²) in [6.07, 6.45) is 0.779. The van der Waals surface area contributed by atoms with E-state index in [9.17, 15) is 8.78 Å². The topological polar surface area (TPSA) is 48.9 Å². The average molecular weight is 530 g/mol. The van der Waals surface area contributed by atoms with E-state index in [4.69, 9.17) is 4.74 Å². The Morgan fingerprint density at radius 3 is 2.57 bits per heavy atom. The number of methoxy groups -OCH3 is 1. The number of aliphatic imine (C=N–C) groups is 1. The molecule has 8 heteroatoms. The lowest BCUT2D eigenvalue weighted by molar-refractivity contribution is 0.185. The molecule has 0 spiro atoms. The summed E-state index contributed by atoms with van der Waals surface area (Å²) in [5.74, 6) is -0.352. The van der Waals surface area contributed by atoms with Crippen LogP contribution in [0.3, 0.4) is 0 Å². The van der Waals surface area contributed by atoms with E-state index >= 15 is 0 Å². The number of para-hydroxylation sites is 1. The van der Waals surface area contributed by atoms with Gasteiger partial charge in [-0.05, 0) is 36.6 Å². The highest BCUT2D eigenvalue weighted by atomic mass is 127. The second kappa shape index (κ2) is 12.0. The van der Waals surface area contributed by atoms with Gasteiger partial charge >= 0.3 is 0 Å². The van der Waals surface area contributed by atoms with Crippen LogP contribution >= 0.6 is 24.0 Å². The Bertz CT molecular complexity index is 829. The first-order valence-electron chi connectivity index (χ1n) is 9.91. The van der Waals surface area contributed by atoms with Crippen LogP contribution in [0.15, 0.2) is 47.5 Å². The second-order valence-corrected chi connectivity index (χ2v) is 7.09. The summed E-state index contributed by atoms with van der Waals surface area (Å²) in [5.41, 5.74) is 2.25. The van der Waals surface area contributed by atoms with Crippen molar-refractivity contribution in [1.29, 1.82) is 0 Å². The van der Waals surface area contributed by atoms with E-state index < -0.39 is 11.6 Å². The number of hydrogen-bond donors (Lipinski definition) is 2. The summed E-state index contributed by atoms with van der Waals surface area (Å²) in [6, 6.07) is 12.2. The summed E-state index contributed by atoms with van der Waals surface area (Å²) >= 11 is 0. The molecule has 1 heterocycles. The van der Waals surface area contributed by atoms with E-state index in [2.05, 4.69) is 21.7 Å². The fraction of sp³-hybridized carbons (Fsp3) is 0.409. The van der Waals surface area contributed by atoms with Crippen LogP contribution in [0.4, 0.5) is 14.5 Å². The highest BCUT2D eigenvalue weighted by Crippen LogP contribution is 2.26. The summed E-state index contributed by atoms with van der Waals surface area (Å²) in [6.45, 7) is 4.95. The molecule has 1 aliphatic rings. The van der Waals surface area contributed by atoms with Gasteiger partial charge in [0.1, 0.15) is 17.3 Å². The number of halogens is 3. The van der Waals surface area contributed by atoms with E-state index in [-0.39, 0.29) is 35.7 Å². The van der Waals surface area contributed by atoms with E-state index in [1.165, 1.54) is 18.2 Å². The quantitative estimate of drug-likeness (QED) is 0.322. The monoisotopic (exact) mass is 530 g/mol. The van der Waals surface area contributed by atoms with Crippen LogP contribution in [-0.2, 0) is 17.9 Å². The summed E-state index contributed by atoms with van der Waals surface area (Å²) in [7, 11) is 1.68. The zero-order chi connectivity index (χ0) is 20.6. The van der Waals surface area contributed by atoms with E-state index in [0.29, 0.717) is 32.2 Å². The molecule has 1 aliphatic heterocycles. The van der Waals surface area contributed by atoms with Gasteiger partial charge in [0.2, 0.25) is 0 Å². The minimum Gasteiger partial charge on any atom is -0.380 e. The minimum absolute atomic E-state index is 0. The number of nitrogens with one attached hydrogen (secondary N) is 2. The van der Waals surface area contributed by atoms with Crippen molar-refractivity contribution in [3.63, 3.8) is 0 Å². The van der Waals surface area contributed by atoms with Gasteiger partial charge in [-0.25, -0.2) is 13.8 Å². The number of ether oxygens (including phenoxy) is 1. The van der Waals surface area contributed by atoms with Gasteiger partial charge < -0.3 is 20.3 Å². The normalized spacial score (nSPS) is 16.3. The molecular formula is C22H29F2IN4O. The molecule has 0 bridgehead atoms. The zero-order valence-corrected chi connectivity index (χ0v) is 19.7. The van der Waals surface area contributed by atoms with Gasteiger partial charge in [-0.1, -0.05) is 30.3 Å². The van der Waals surface area contributed by atoms with Gasteiger partial charge in [-0.2, -0.15) is 0 Å². The van der Waals surface area contributed by atoms with Gasteiger partial charge in [0.15, 0.2) is 5.96 Å². The Balaban J connectivity index is 0.00000320. The fourth-order valence-corrected chi connectivity index (χ4v) is 3.54. The predicted molar refractivity (Wildman–Crippen MR) is 127 cm³/mol. The standard InChI is InChI=1S/C22H28F2N4O.HI/c1-3-25-22(26-13-16-6-4-7-17(12-16)15-29-2)27-18-10-11-28(14-18)21-19(23)8-5-9-20(21)24;/h4-9,12,18H,3,10-11,13-15H2,1-2H3,(H2,25,26,27);1H. The molecule has 30 heavy (non-hydrogen) atoms. The van der Waals surface area contributed by atoms with Crippen LogP contribution < -0.4 is 15.5 Å². The maximum atomic E-state index is 14.1. The Morgan fingerprint density at radius 2 is 1.87 bits per heavy atom. The molecule has 0 radical (unpaired) electrons. The Kier molecular flexibility index (Phi) is 9.77. The van der Waals surface area contributed by atoms with Gasteiger partial charge in [0.05, 0.1) is 13.2 Å². The molecule has 3 rings (SSSR count). The Labute approximate surface area is 193 Å². The van der Waals surface area contributed by atoms with Crippen molar-refractivity contribution in [2.45, 2.75) is 32.5 Å². The lowest BCUT2D eigenvalue weighted by Crippen LogP contribution is -2.44. The highest BCUT2D eigenvalue weighted by molar-refractivity contribution is 14.0. The molecule has 1 saturated heterocycles. The van der Waals surface area contributed by atoms with Crippen molar-refractivity contribution in [3.8, 4) is 0 Å². The Hall–Kier alpha value is -1.94. The van der Waals surface area contributed by atoms with Crippen molar-refractivity contribution in [2.75, 3.05) is 31.6 Å². The molecule has 0 saturated carbocycles. The number of anilines is 1. The average Bonchev–Trinajstić information content (AvgIpc) is 3.15. The van der Waals surface area contributed by atoms with Crippen LogP contribution in [0.5, 0.6) is 0 Å². The molecule has 2 aromatic rings. The van der Waals surface area contributed by atoms with Gasteiger partial charge in [-0.15, -0.1) is 24.0 Å². The van der Waals surface area contributed by atoms with Crippen molar-refractivity contribution in [2.24, 2.45) is 4.99 Å². The second-order valence-electron chi connectivity index (χ2n) is 7.09. The van der Waals surface area contributed by atoms with Crippen molar-refractivity contribution in [3.05, 3.63) is 65.2 Å². The van der Waals surface area contributed by atoms with Gasteiger partial charge in [0, 0.05) is 32.8 Å². The van der Waals surface area contributed by atoms with Crippen LogP contribution in [0.25, 0.3) is 0 Å². The van der Waals surface area contributed by atoms with Crippen LogP contribution in [-0.4, -0.2) is 38.7 Å². The van der Waals surface area contributed by atoms with Crippen LogP contribution in [0.1, 0.15) is 24.5 Å². The molecule has 0 amide bonds. The van der Waals surface area contributed by atoms with E-state index in [1.807, 2.05) is 25.1 Å². The largest absolute Gasteiger partial charge is 0.380 e. The number of guanidine groups is 1. The predicted octanol–water partition coefficient (Wildman–Crippen LogP) is 4.06. The molecule has 164 valence electrons. The van der Waals surface area contributed by atoms with Crippen molar-refractivity contribution < 1.29 is 13.5 Å². The molecular weight excluding hydrogens is 501 g/mol. The first-order chi connectivity index (χ1) is 14.1. The first-order valence-corrected chi connectivity index (χ1v) is 9.91. The number of hydrogen-bond acceptors (Lipinski definition) is 3. The van der Waals surface area contributed by atoms with Crippen LogP contribution in [0.2, 0.25) is 0 Å². The van der Waals surface area contributed by atoms with Crippen molar-refractivity contribution >= 4 is 35.6 Å². The molecule has 5 nitrogen and oxygen atoms in total. The molecule has 0 aliphatic carbocycles. The lowest BCUT2D eigenvalue weighted by Gasteiger charge is -2.21. The molecule has 1 unspecified atom stereocenters. The Morgan fingerprint density at radius 1 is 1.17 bits per heavy atom. The summed E-state index contributed by atoms with van der Waals surface area (Å²) < 4.78 is 33.3. The molecule has 2 N–H and O–H groups in total. The summed E-state index contributed by atoms with van der Waals surface area (Å²) in [4.78, 5) is 6.42. The first kappa shape index (κ1) is 24.3. The van der Waals surface area contributed by atoms with E-state index in [0.717, 1.165) is 24.1 Å². The third-order valence-electron chi connectivity index (χ3n) is 4.85. The van der Waals surface area contributed by atoms with Gasteiger partial charge in [-0.3, -0.25) is 0 Å². The third-order valence-corrected chi connectivity index (χ3v) is 4.85.